The van der Waals surface area contributed by atoms with Gasteiger partial charge in [0.2, 0.25) is 5.91 Å². The lowest BCUT2D eigenvalue weighted by atomic mass is 10.1. The molecule has 0 radical (unpaired) electrons. The molecule has 0 saturated heterocycles. The zero-order chi connectivity index (χ0) is 17.7. The molecule has 130 valence electrons. The third kappa shape index (κ3) is 4.60. The van der Waals surface area contributed by atoms with E-state index in [-0.39, 0.29) is 17.3 Å². The van der Waals surface area contributed by atoms with Crippen molar-refractivity contribution in [1.82, 2.24) is 9.62 Å². The maximum absolute atomic E-state index is 13.1. The Morgan fingerprint density at radius 2 is 2.12 bits per heavy atom. The van der Waals surface area contributed by atoms with Crippen molar-refractivity contribution < 1.29 is 22.7 Å². The van der Waals surface area contributed by atoms with Crippen molar-refractivity contribution in [3.8, 4) is 0 Å². The molecule has 1 amide bonds. The zero-order valence-corrected chi connectivity index (χ0v) is 14.5. The van der Waals surface area contributed by atoms with E-state index in [2.05, 4.69) is 5.32 Å². The van der Waals surface area contributed by atoms with Crippen LogP contribution in [0.15, 0.2) is 46.0 Å². The van der Waals surface area contributed by atoms with Gasteiger partial charge in [-0.1, -0.05) is 18.2 Å². The van der Waals surface area contributed by atoms with Gasteiger partial charge in [-0.2, -0.15) is 4.31 Å². The van der Waals surface area contributed by atoms with Crippen molar-refractivity contribution >= 4 is 27.3 Å². The van der Waals surface area contributed by atoms with Gasteiger partial charge in [0.1, 0.15) is 10.0 Å². The Morgan fingerprint density at radius 1 is 1.38 bits per heavy atom. The van der Waals surface area contributed by atoms with Gasteiger partial charge in [-0.25, -0.2) is 12.8 Å². The van der Waals surface area contributed by atoms with Crippen molar-refractivity contribution in [3.63, 3.8) is 0 Å². The summed E-state index contributed by atoms with van der Waals surface area (Å²) in [6, 6.07) is 8.48. The molecule has 24 heavy (non-hydrogen) atoms. The summed E-state index contributed by atoms with van der Waals surface area (Å²) >= 11 is 1.07. The van der Waals surface area contributed by atoms with Gasteiger partial charge in [-0.15, -0.1) is 11.3 Å². The number of hydrogen-bond acceptors (Lipinski definition) is 5. The highest BCUT2D eigenvalue weighted by molar-refractivity contribution is 7.91. The number of nitrogens with one attached hydrogen (secondary N) is 1. The smallest absolute Gasteiger partial charge is 0.252 e. The predicted octanol–water partition coefficient (Wildman–Crippen LogP) is 1.36. The van der Waals surface area contributed by atoms with Crippen molar-refractivity contribution in [2.45, 2.75) is 10.3 Å². The Hall–Kier alpha value is -1.81. The zero-order valence-electron chi connectivity index (χ0n) is 12.8. The first-order valence-electron chi connectivity index (χ1n) is 7.01. The average Bonchev–Trinajstić information content (AvgIpc) is 3.07. The largest absolute Gasteiger partial charge is 0.387 e. The summed E-state index contributed by atoms with van der Waals surface area (Å²) in [7, 11) is -2.40. The van der Waals surface area contributed by atoms with E-state index < -0.39 is 27.9 Å². The highest BCUT2D eigenvalue weighted by atomic mass is 32.2. The van der Waals surface area contributed by atoms with Crippen LogP contribution >= 0.6 is 11.3 Å². The van der Waals surface area contributed by atoms with Crippen LogP contribution in [-0.4, -0.2) is 43.9 Å². The summed E-state index contributed by atoms with van der Waals surface area (Å²) in [6.07, 6.45) is -1.08. The number of aliphatic hydroxyl groups excluding tert-OH is 1. The molecule has 1 aromatic carbocycles. The molecule has 0 bridgehead atoms. The second kappa shape index (κ2) is 7.84. The molecule has 0 saturated carbocycles. The van der Waals surface area contributed by atoms with Crippen LogP contribution < -0.4 is 5.32 Å². The molecule has 2 rings (SSSR count). The normalized spacial score (nSPS) is 13.0. The lowest BCUT2D eigenvalue weighted by Gasteiger charge is -2.17. The number of nitrogens with zero attached hydrogens (tertiary/aromatic N) is 1. The van der Waals surface area contributed by atoms with Gasteiger partial charge in [0.15, 0.2) is 0 Å². The maximum atomic E-state index is 13.1. The first kappa shape index (κ1) is 18.5. The molecule has 1 aromatic heterocycles. The summed E-state index contributed by atoms with van der Waals surface area (Å²) < 4.78 is 38.6. The second-order valence-corrected chi connectivity index (χ2v) is 8.29. The van der Waals surface area contributed by atoms with Crippen LogP contribution in [0, 0.1) is 5.82 Å². The monoisotopic (exact) mass is 372 g/mol. The highest BCUT2D eigenvalue weighted by Crippen LogP contribution is 2.19. The second-order valence-electron chi connectivity index (χ2n) is 5.07. The van der Waals surface area contributed by atoms with Gasteiger partial charge in [0.05, 0.1) is 12.6 Å². The molecule has 0 fully saturated rings. The summed E-state index contributed by atoms with van der Waals surface area (Å²) in [5.41, 5.74) is 0.329. The van der Waals surface area contributed by atoms with E-state index in [9.17, 15) is 22.7 Å². The molecule has 2 aromatic rings. The number of amides is 1. The molecule has 1 heterocycles. The van der Waals surface area contributed by atoms with Crippen LogP contribution in [0.1, 0.15) is 11.7 Å². The predicted molar refractivity (Wildman–Crippen MR) is 88.5 cm³/mol. The number of benzene rings is 1. The van der Waals surface area contributed by atoms with Gasteiger partial charge < -0.3 is 10.4 Å². The molecule has 1 unspecified atom stereocenters. The molecule has 6 nitrogen and oxygen atoms in total. The fourth-order valence-corrected chi connectivity index (χ4v) is 4.28. The Labute approximate surface area is 143 Å². The summed E-state index contributed by atoms with van der Waals surface area (Å²) in [6.45, 7) is -0.523. The topological polar surface area (TPSA) is 86.7 Å². The Morgan fingerprint density at radius 3 is 2.75 bits per heavy atom. The van der Waals surface area contributed by atoms with Crippen LogP contribution in [0.2, 0.25) is 0 Å². The minimum atomic E-state index is -3.71. The van der Waals surface area contributed by atoms with Crippen molar-refractivity contribution in [2.75, 3.05) is 20.1 Å². The van der Waals surface area contributed by atoms with Crippen molar-refractivity contribution in [3.05, 3.63) is 53.2 Å². The molecular formula is C15H17FN2O4S2. The van der Waals surface area contributed by atoms with E-state index in [0.717, 1.165) is 15.6 Å². The van der Waals surface area contributed by atoms with Gasteiger partial charge in [-0.3, -0.25) is 4.79 Å². The fraction of sp³-hybridized carbons (Fsp3) is 0.267. The number of hydrogen-bond donors (Lipinski definition) is 2. The SMILES string of the molecule is CN(CC(=O)NCC(O)c1cccc(F)c1)S(=O)(=O)c1cccs1. The molecular weight excluding hydrogens is 355 g/mol. The van der Waals surface area contributed by atoms with E-state index in [1.807, 2.05) is 0 Å². The van der Waals surface area contributed by atoms with Gasteiger partial charge in [0.25, 0.3) is 10.0 Å². The summed E-state index contributed by atoms with van der Waals surface area (Å²) in [4.78, 5) is 11.9. The lowest BCUT2D eigenvalue weighted by molar-refractivity contribution is -0.121. The number of likely N-dealkylation sites (N-methyl/N-ethyl adjacent to an activating group) is 1. The number of carbonyl (C=O) groups excluding carboxylic acids is 1. The Kier molecular flexibility index (Phi) is 6.05. The van der Waals surface area contributed by atoms with Crippen LogP contribution in [-0.2, 0) is 14.8 Å². The lowest BCUT2D eigenvalue weighted by Crippen LogP contribution is -2.39. The molecule has 0 aliphatic heterocycles. The molecule has 1 atom stereocenters. The quantitative estimate of drug-likeness (QED) is 0.768. The van der Waals surface area contributed by atoms with Gasteiger partial charge >= 0.3 is 0 Å². The molecule has 0 aliphatic rings. The van der Waals surface area contributed by atoms with E-state index in [4.69, 9.17) is 0 Å². The third-order valence-electron chi connectivity index (χ3n) is 3.25. The minimum Gasteiger partial charge on any atom is -0.387 e. The third-order valence-corrected chi connectivity index (χ3v) is 6.43. The maximum Gasteiger partial charge on any atom is 0.252 e. The number of halogens is 1. The van der Waals surface area contributed by atoms with Crippen LogP contribution in [0.5, 0.6) is 0 Å². The fourth-order valence-electron chi connectivity index (χ4n) is 1.95. The molecule has 9 heteroatoms. The minimum absolute atomic E-state index is 0.144. The van der Waals surface area contributed by atoms with Crippen LogP contribution in [0.25, 0.3) is 0 Å². The number of aliphatic hydroxyl groups is 1. The number of thiophene rings is 1. The van der Waals surface area contributed by atoms with Gasteiger partial charge in [0, 0.05) is 13.6 Å². The standard InChI is InChI=1S/C15H17FN2O4S2/c1-18(24(21,22)15-6-3-7-23-15)10-14(20)17-9-13(19)11-4-2-5-12(16)8-11/h2-8,13,19H,9-10H2,1H3,(H,17,20). The van der Waals surface area contributed by atoms with E-state index in [1.54, 1.807) is 11.4 Å². The van der Waals surface area contributed by atoms with Crippen molar-refractivity contribution in [1.29, 1.82) is 0 Å². The summed E-state index contributed by atoms with van der Waals surface area (Å²) in [5.74, 6) is -1.05. The molecule has 0 spiro atoms. The number of carbonyl (C=O) groups is 1. The van der Waals surface area contributed by atoms with Crippen LogP contribution in [0.4, 0.5) is 4.39 Å². The average molecular weight is 372 g/mol. The number of sulfonamides is 1. The highest BCUT2D eigenvalue weighted by Gasteiger charge is 2.24. The number of rotatable bonds is 7. The van der Waals surface area contributed by atoms with Crippen molar-refractivity contribution in [2.24, 2.45) is 0 Å². The summed E-state index contributed by atoms with van der Waals surface area (Å²) in [5, 5.41) is 14.0. The van der Waals surface area contributed by atoms with E-state index >= 15 is 0 Å². The van der Waals surface area contributed by atoms with E-state index in [0.29, 0.717) is 5.56 Å². The Bertz CT molecular complexity index is 794. The first-order valence-corrected chi connectivity index (χ1v) is 9.33. The Balaban J connectivity index is 1.89. The van der Waals surface area contributed by atoms with E-state index in [1.165, 1.54) is 37.4 Å². The first-order chi connectivity index (χ1) is 11.3. The van der Waals surface area contributed by atoms with Gasteiger partial charge in [-0.05, 0) is 29.1 Å². The molecule has 0 aliphatic carbocycles. The molecule has 2 N–H and O–H groups in total. The van der Waals surface area contributed by atoms with Crippen LogP contribution in [0.3, 0.4) is 0 Å².